The minimum atomic E-state index is -0.161. The number of nitrogens with two attached hydrogens (primary N) is 1. The number of amides is 1. The summed E-state index contributed by atoms with van der Waals surface area (Å²) in [5.74, 6) is 0.513. The Labute approximate surface area is 153 Å². The highest BCUT2D eigenvalue weighted by Crippen LogP contribution is 2.24. The van der Waals surface area contributed by atoms with E-state index in [-0.39, 0.29) is 11.3 Å². The van der Waals surface area contributed by atoms with Crippen LogP contribution >= 0.6 is 0 Å². The molecule has 0 saturated carbocycles. The van der Waals surface area contributed by atoms with E-state index in [4.69, 9.17) is 10.2 Å². The SMILES string of the molecule is CN(CC(C)(C)CN)C(=O)c1cc(-c2ccco2)nn1-c1ccccc1. The molecule has 2 N–H and O–H groups in total. The summed E-state index contributed by atoms with van der Waals surface area (Å²) in [6, 6.07) is 15.0. The number of hydrogen-bond acceptors (Lipinski definition) is 4. The monoisotopic (exact) mass is 352 g/mol. The van der Waals surface area contributed by atoms with E-state index in [0.717, 1.165) is 5.69 Å². The molecule has 6 heteroatoms. The molecule has 2 aromatic heterocycles. The van der Waals surface area contributed by atoms with Crippen molar-refractivity contribution in [1.29, 1.82) is 0 Å². The summed E-state index contributed by atoms with van der Waals surface area (Å²) in [5.41, 5.74) is 7.58. The van der Waals surface area contributed by atoms with Crippen LogP contribution in [0.2, 0.25) is 0 Å². The van der Waals surface area contributed by atoms with E-state index in [1.807, 2.05) is 50.2 Å². The zero-order valence-electron chi connectivity index (χ0n) is 15.3. The Morgan fingerprint density at radius 2 is 1.96 bits per heavy atom. The molecule has 0 spiro atoms. The summed E-state index contributed by atoms with van der Waals surface area (Å²) < 4.78 is 7.10. The summed E-state index contributed by atoms with van der Waals surface area (Å²) in [7, 11) is 1.79. The van der Waals surface area contributed by atoms with Gasteiger partial charge in [0.2, 0.25) is 0 Å². The molecular weight excluding hydrogens is 328 g/mol. The van der Waals surface area contributed by atoms with Crippen LogP contribution in [0.4, 0.5) is 0 Å². The van der Waals surface area contributed by atoms with Gasteiger partial charge in [0, 0.05) is 19.7 Å². The third kappa shape index (κ3) is 3.70. The third-order valence-corrected chi connectivity index (χ3v) is 4.27. The Morgan fingerprint density at radius 1 is 1.23 bits per heavy atom. The van der Waals surface area contributed by atoms with Gasteiger partial charge >= 0.3 is 0 Å². The highest BCUT2D eigenvalue weighted by atomic mass is 16.3. The van der Waals surface area contributed by atoms with Crippen LogP contribution in [-0.4, -0.2) is 40.7 Å². The van der Waals surface area contributed by atoms with Crippen LogP contribution < -0.4 is 5.73 Å². The standard InChI is InChI=1S/C20H24N4O2/c1-20(2,13-21)14-23(3)19(25)17-12-16(18-10-7-11-26-18)22-24(17)15-8-5-4-6-9-15/h4-12H,13-14,21H2,1-3H3. The molecule has 3 aromatic rings. The Bertz CT molecular complexity index is 867. The molecule has 0 aliphatic heterocycles. The van der Waals surface area contributed by atoms with E-state index in [2.05, 4.69) is 5.10 Å². The number of furan rings is 1. The number of hydrogen-bond donors (Lipinski definition) is 1. The maximum absolute atomic E-state index is 13.1. The smallest absolute Gasteiger partial charge is 0.272 e. The van der Waals surface area contributed by atoms with Gasteiger partial charge in [0.05, 0.1) is 12.0 Å². The van der Waals surface area contributed by atoms with Crippen molar-refractivity contribution < 1.29 is 9.21 Å². The highest BCUT2D eigenvalue weighted by molar-refractivity contribution is 5.94. The quantitative estimate of drug-likeness (QED) is 0.739. The van der Waals surface area contributed by atoms with Crippen molar-refractivity contribution in [2.45, 2.75) is 13.8 Å². The minimum Gasteiger partial charge on any atom is -0.463 e. The molecule has 0 fully saturated rings. The fourth-order valence-electron chi connectivity index (χ4n) is 2.82. The molecule has 0 aliphatic carbocycles. The molecule has 0 aliphatic rings. The predicted molar refractivity (Wildman–Crippen MR) is 101 cm³/mol. The van der Waals surface area contributed by atoms with Crippen molar-refractivity contribution in [1.82, 2.24) is 14.7 Å². The van der Waals surface area contributed by atoms with Crippen LogP contribution in [0.5, 0.6) is 0 Å². The van der Waals surface area contributed by atoms with Gasteiger partial charge in [-0.05, 0) is 36.2 Å². The molecule has 0 radical (unpaired) electrons. The van der Waals surface area contributed by atoms with Crippen LogP contribution in [0.25, 0.3) is 17.1 Å². The lowest BCUT2D eigenvalue weighted by Crippen LogP contribution is -2.40. The van der Waals surface area contributed by atoms with Gasteiger partial charge in [0.25, 0.3) is 5.91 Å². The number of carbonyl (C=O) groups is 1. The van der Waals surface area contributed by atoms with E-state index >= 15 is 0 Å². The number of para-hydroxylation sites is 1. The molecule has 0 bridgehead atoms. The molecule has 26 heavy (non-hydrogen) atoms. The zero-order chi connectivity index (χ0) is 18.7. The average Bonchev–Trinajstić information content (AvgIpc) is 3.31. The average molecular weight is 352 g/mol. The van der Waals surface area contributed by atoms with Gasteiger partial charge in [-0.3, -0.25) is 4.79 Å². The molecule has 2 heterocycles. The van der Waals surface area contributed by atoms with Crippen molar-refractivity contribution in [3.63, 3.8) is 0 Å². The second-order valence-electron chi connectivity index (χ2n) is 7.17. The Kier molecular flexibility index (Phi) is 4.95. The Hall–Kier alpha value is -2.86. The Morgan fingerprint density at radius 3 is 2.58 bits per heavy atom. The lowest BCUT2D eigenvalue weighted by molar-refractivity contribution is 0.0731. The van der Waals surface area contributed by atoms with Gasteiger partial charge in [0.1, 0.15) is 11.4 Å². The lowest BCUT2D eigenvalue weighted by Gasteiger charge is -2.29. The fourth-order valence-corrected chi connectivity index (χ4v) is 2.82. The molecule has 3 rings (SSSR count). The van der Waals surface area contributed by atoms with E-state index in [1.54, 1.807) is 35.0 Å². The summed E-state index contributed by atoms with van der Waals surface area (Å²) in [5, 5.41) is 4.59. The van der Waals surface area contributed by atoms with Gasteiger partial charge in [-0.1, -0.05) is 32.0 Å². The van der Waals surface area contributed by atoms with Crippen LogP contribution in [0.15, 0.2) is 59.2 Å². The van der Waals surface area contributed by atoms with Crippen molar-refractivity contribution in [3.8, 4) is 17.1 Å². The van der Waals surface area contributed by atoms with Gasteiger partial charge in [-0.25, -0.2) is 4.68 Å². The number of aromatic nitrogens is 2. The maximum Gasteiger partial charge on any atom is 0.272 e. The second kappa shape index (κ2) is 7.17. The van der Waals surface area contributed by atoms with E-state index in [1.165, 1.54) is 0 Å². The van der Waals surface area contributed by atoms with E-state index in [9.17, 15) is 4.79 Å². The van der Waals surface area contributed by atoms with Crippen molar-refractivity contribution in [2.75, 3.05) is 20.1 Å². The molecule has 0 saturated heterocycles. The van der Waals surface area contributed by atoms with Gasteiger partial charge < -0.3 is 15.1 Å². The van der Waals surface area contributed by atoms with Gasteiger partial charge in [-0.2, -0.15) is 5.10 Å². The fraction of sp³-hybridized carbons (Fsp3) is 0.300. The third-order valence-electron chi connectivity index (χ3n) is 4.27. The van der Waals surface area contributed by atoms with E-state index in [0.29, 0.717) is 30.2 Å². The van der Waals surface area contributed by atoms with Crippen molar-refractivity contribution in [3.05, 3.63) is 60.5 Å². The first-order valence-corrected chi connectivity index (χ1v) is 8.56. The molecule has 1 amide bonds. The first-order valence-electron chi connectivity index (χ1n) is 8.56. The van der Waals surface area contributed by atoms with Crippen LogP contribution in [0.1, 0.15) is 24.3 Å². The summed E-state index contributed by atoms with van der Waals surface area (Å²) >= 11 is 0. The molecule has 0 unspecified atom stereocenters. The van der Waals surface area contributed by atoms with Crippen LogP contribution in [-0.2, 0) is 0 Å². The van der Waals surface area contributed by atoms with Gasteiger partial charge in [-0.15, -0.1) is 0 Å². The van der Waals surface area contributed by atoms with Gasteiger partial charge in [0.15, 0.2) is 5.76 Å². The summed E-state index contributed by atoms with van der Waals surface area (Å²) in [4.78, 5) is 14.8. The van der Waals surface area contributed by atoms with Crippen molar-refractivity contribution >= 4 is 5.91 Å². The topological polar surface area (TPSA) is 77.3 Å². The Balaban J connectivity index is 2.01. The lowest BCUT2D eigenvalue weighted by atomic mass is 9.93. The zero-order valence-corrected chi connectivity index (χ0v) is 15.3. The predicted octanol–water partition coefficient (Wildman–Crippen LogP) is 3.19. The van der Waals surface area contributed by atoms with Crippen LogP contribution in [0.3, 0.4) is 0 Å². The first kappa shape index (κ1) is 17.9. The second-order valence-corrected chi connectivity index (χ2v) is 7.17. The maximum atomic E-state index is 13.1. The molecule has 136 valence electrons. The summed E-state index contributed by atoms with van der Waals surface area (Å²) in [6.45, 7) is 5.14. The number of nitrogens with zero attached hydrogens (tertiary/aromatic N) is 3. The van der Waals surface area contributed by atoms with Crippen molar-refractivity contribution in [2.24, 2.45) is 11.1 Å². The number of carbonyl (C=O) groups excluding carboxylic acids is 1. The molecule has 1 aromatic carbocycles. The summed E-state index contributed by atoms with van der Waals surface area (Å²) in [6.07, 6.45) is 1.59. The largest absolute Gasteiger partial charge is 0.463 e. The van der Waals surface area contributed by atoms with E-state index < -0.39 is 0 Å². The molecule has 0 atom stereocenters. The molecule has 6 nitrogen and oxygen atoms in total. The first-order chi connectivity index (χ1) is 12.4. The molecular formula is C20H24N4O2. The normalized spacial score (nSPS) is 11.5. The highest BCUT2D eigenvalue weighted by Gasteiger charge is 2.25. The number of rotatable bonds is 6. The van der Waals surface area contributed by atoms with Crippen LogP contribution in [0, 0.1) is 5.41 Å². The number of benzene rings is 1. The minimum absolute atomic E-state index is 0.110.